The van der Waals surface area contributed by atoms with Gasteiger partial charge in [0.25, 0.3) is 0 Å². The highest BCUT2D eigenvalue weighted by Gasteiger charge is 2.03. The van der Waals surface area contributed by atoms with Crippen LogP contribution in [0.3, 0.4) is 0 Å². The number of hydrogen-bond donors (Lipinski definition) is 2. The molecular weight excluding hydrogens is 242 g/mol. The van der Waals surface area contributed by atoms with Gasteiger partial charge in [0.15, 0.2) is 5.65 Å². The second kappa shape index (κ2) is 5.01. The first-order valence-corrected chi connectivity index (χ1v) is 5.57. The minimum absolute atomic E-state index is 0.304. The number of carbonyl (C=O) groups is 1. The Hall–Kier alpha value is -1.82. The predicted molar refractivity (Wildman–Crippen MR) is 64.9 cm³/mol. The van der Waals surface area contributed by atoms with Gasteiger partial charge in [0, 0.05) is 19.2 Å². The first kappa shape index (κ1) is 11.7. The molecule has 90 valence electrons. The van der Waals surface area contributed by atoms with Crippen molar-refractivity contribution in [3.05, 3.63) is 23.4 Å². The molecule has 17 heavy (non-hydrogen) atoms. The van der Waals surface area contributed by atoms with Gasteiger partial charge in [-0.15, -0.1) is 5.10 Å². The quantitative estimate of drug-likeness (QED) is 0.781. The maximum atomic E-state index is 10.5. The summed E-state index contributed by atoms with van der Waals surface area (Å²) in [5.74, 6) is 0.207. The predicted octanol–water partition coefficient (Wildman–Crippen LogP) is 1.06. The number of nitrogens with two attached hydrogens (primary N) is 1. The van der Waals surface area contributed by atoms with E-state index in [-0.39, 0.29) is 5.91 Å². The van der Waals surface area contributed by atoms with E-state index in [4.69, 9.17) is 17.3 Å². The molecule has 0 atom stereocenters. The number of hydrogen-bond acceptors (Lipinski definition) is 4. The van der Waals surface area contributed by atoms with Crippen molar-refractivity contribution >= 4 is 29.1 Å². The maximum absolute atomic E-state index is 10.5. The molecule has 2 rings (SSSR count). The molecule has 0 aliphatic heterocycles. The maximum Gasteiger partial charge on any atom is 0.243 e. The van der Waals surface area contributed by atoms with Crippen LogP contribution >= 0.6 is 11.6 Å². The summed E-state index contributed by atoms with van der Waals surface area (Å²) >= 11 is 5.83. The lowest BCUT2D eigenvalue weighted by Crippen LogP contribution is -2.13. The third-order valence-corrected chi connectivity index (χ3v) is 2.40. The molecule has 0 fully saturated rings. The lowest BCUT2D eigenvalue weighted by Gasteiger charge is -1.98. The third kappa shape index (κ3) is 3.07. The van der Waals surface area contributed by atoms with Gasteiger partial charge in [0.1, 0.15) is 0 Å². The number of carbonyl (C=O) groups excluding carboxylic acids is 1. The van der Waals surface area contributed by atoms with Gasteiger partial charge < -0.3 is 11.1 Å². The zero-order valence-corrected chi connectivity index (χ0v) is 9.81. The Morgan fingerprint density at radius 1 is 1.53 bits per heavy atom. The third-order valence-electron chi connectivity index (χ3n) is 2.18. The second-order valence-electron chi connectivity index (χ2n) is 3.58. The molecule has 0 aromatic carbocycles. The molecular formula is C10H12ClN5O. The van der Waals surface area contributed by atoms with E-state index in [1.165, 1.54) is 0 Å². The van der Waals surface area contributed by atoms with Gasteiger partial charge in [-0.2, -0.15) is 4.98 Å². The van der Waals surface area contributed by atoms with Crippen molar-refractivity contribution in [1.29, 1.82) is 0 Å². The Bertz CT molecular complexity index is 538. The molecule has 0 unspecified atom stereocenters. The second-order valence-corrected chi connectivity index (χ2v) is 4.02. The van der Waals surface area contributed by atoms with Crippen LogP contribution in [-0.2, 0) is 4.79 Å². The SMILES string of the molecule is NC(=O)CCCNc1nc2ccc(Cl)cn2n1. The summed E-state index contributed by atoms with van der Waals surface area (Å²) in [6, 6.07) is 3.53. The van der Waals surface area contributed by atoms with Crippen LogP contribution in [0.4, 0.5) is 5.95 Å². The van der Waals surface area contributed by atoms with E-state index in [0.717, 1.165) is 0 Å². The summed E-state index contributed by atoms with van der Waals surface area (Å²) in [6.07, 6.45) is 2.69. The van der Waals surface area contributed by atoms with Gasteiger partial charge in [-0.1, -0.05) is 11.6 Å². The van der Waals surface area contributed by atoms with Crippen LogP contribution in [-0.4, -0.2) is 27.0 Å². The standard InChI is InChI=1S/C10H12ClN5O/c11-7-3-4-9-14-10(15-16(9)6-7)13-5-1-2-8(12)17/h3-4,6H,1-2,5H2,(H2,12,17)(H,13,15). The highest BCUT2D eigenvalue weighted by Crippen LogP contribution is 2.11. The molecule has 0 saturated heterocycles. The molecule has 0 aliphatic carbocycles. The lowest BCUT2D eigenvalue weighted by atomic mass is 10.3. The Balaban J connectivity index is 1.97. The number of amides is 1. The van der Waals surface area contributed by atoms with Crippen molar-refractivity contribution < 1.29 is 4.79 Å². The number of aromatic nitrogens is 3. The molecule has 3 N–H and O–H groups in total. The average Bonchev–Trinajstić information content (AvgIpc) is 2.66. The zero-order chi connectivity index (χ0) is 12.3. The van der Waals surface area contributed by atoms with Gasteiger partial charge in [-0.25, -0.2) is 4.52 Å². The first-order chi connectivity index (χ1) is 8.15. The molecule has 7 heteroatoms. The zero-order valence-electron chi connectivity index (χ0n) is 9.06. The molecule has 2 aromatic rings. The fourth-order valence-corrected chi connectivity index (χ4v) is 1.55. The van der Waals surface area contributed by atoms with Crippen LogP contribution < -0.4 is 11.1 Å². The van der Waals surface area contributed by atoms with Crippen LogP contribution in [0.2, 0.25) is 5.02 Å². The Morgan fingerprint density at radius 2 is 2.35 bits per heavy atom. The van der Waals surface area contributed by atoms with Crippen LogP contribution in [0.15, 0.2) is 18.3 Å². The average molecular weight is 254 g/mol. The number of nitrogens with zero attached hydrogens (tertiary/aromatic N) is 3. The summed E-state index contributed by atoms with van der Waals surface area (Å²) in [6.45, 7) is 0.605. The summed E-state index contributed by atoms with van der Waals surface area (Å²) in [5.41, 5.74) is 5.75. The lowest BCUT2D eigenvalue weighted by molar-refractivity contribution is -0.118. The minimum atomic E-state index is -0.304. The Kier molecular flexibility index (Phi) is 3.43. The van der Waals surface area contributed by atoms with Crippen LogP contribution in [0.5, 0.6) is 0 Å². The highest BCUT2D eigenvalue weighted by molar-refractivity contribution is 6.30. The van der Waals surface area contributed by atoms with Crippen molar-refractivity contribution in [2.75, 3.05) is 11.9 Å². The molecule has 1 amide bonds. The van der Waals surface area contributed by atoms with Gasteiger partial charge in [0.2, 0.25) is 11.9 Å². The van der Waals surface area contributed by atoms with E-state index < -0.39 is 0 Å². The van der Waals surface area contributed by atoms with Gasteiger partial charge in [-0.05, 0) is 18.6 Å². The van der Waals surface area contributed by atoms with Gasteiger partial charge in [-0.3, -0.25) is 4.79 Å². The van der Waals surface area contributed by atoms with E-state index in [1.807, 2.05) is 0 Å². The summed E-state index contributed by atoms with van der Waals surface area (Å²) in [5, 5.41) is 7.80. The summed E-state index contributed by atoms with van der Waals surface area (Å²) < 4.78 is 1.60. The van der Waals surface area contributed by atoms with Crippen molar-refractivity contribution in [3.8, 4) is 0 Å². The molecule has 0 saturated carbocycles. The number of nitrogens with one attached hydrogen (secondary N) is 1. The van der Waals surface area contributed by atoms with E-state index in [2.05, 4.69) is 15.4 Å². The van der Waals surface area contributed by atoms with Gasteiger partial charge in [0.05, 0.1) is 5.02 Å². The smallest absolute Gasteiger partial charge is 0.243 e. The largest absolute Gasteiger partial charge is 0.370 e. The fourth-order valence-electron chi connectivity index (χ4n) is 1.40. The molecule has 0 bridgehead atoms. The van der Waals surface area contributed by atoms with Gasteiger partial charge >= 0.3 is 0 Å². The molecule has 0 radical (unpaired) electrons. The number of rotatable bonds is 5. The molecule has 0 spiro atoms. The van der Waals surface area contributed by atoms with Crippen LogP contribution in [0.25, 0.3) is 5.65 Å². The summed E-state index contributed by atoms with van der Waals surface area (Å²) in [7, 11) is 0. The first-order valence-electron chi connectivity index (χ1n) is 5.19. The highest BCUT2D eigenvalue weighted by atomic mass is 35.5. The number of halogens is 1. The normalized spacial score (nSPS) is 10.6. The minimum Gasteiger partial charge on any atom is -0.370 e. The molecule has 0 aliphatic rings. The Labute approximate surface area is 103 Å². The van der Waals surface area contributed by atoms with Crippen molar-refractivity contribution in [1.82, 2.24) is 14.6 Å². The van der Waals surface area contributed by atoms with E-state index >= 15 is 0 Å². The number of anilines is 1. The molecule has 2 aromatic heterocycles. The topological polar surface area (TPSA) is 85.3 Å². The van der Waals surface area contributed by atoms with Crippen molar-refractivity contribution in [2.24, 2.45) is 5.73 Å². The Morgan fingerprint density at radius 3 is 3.12 bits per heavy atom. The van der Waals surface area contributed by atoms with Crippen molar-refractivity contribution in [2.45, 2.75) is 12.8 Å². The van der Waals surface area contributed by atoms with Crippen molar-refractivity contribution in [3.63, 3.8) is 0 Å². The summed E-state index contributed by atoms with van der Waals surface area (Å²) in [4.78, 5) is 14.8. The van der Waals surface area contributed by atoms with Crippen LogP contribution in [0, 0.1) is 0 Å². The van der Waals surface area contributed by atoms with E-state index in [0.29, 0.717) is 36.0 Å². The monoisotopic (exact) mass is 253 g/mol. The number of pyridine rings is 1. The number of fused-ring (bicyclic) bond motifs is 1. The number of primary amides is 1. The van der Waals surface area contributed by atoms with E-state index in [9.17, 15) is 4.79 Å². The molecule has 6 nitrogen and oxygen atoms in total. The van der Waals surface area contributed by atoms with Crippen LogP contribution in [0.1, 0.15) is 12.8 Å². The fraction of sp³-hybridized carbons (Fsp3) is 0.300. The molecule has 2 heterocycles. The van der Waals surface area contributed by atoms with E-state index in [1.54, 1.807) is 22.8 Å².